The molecule has 114 valence electrons. The van der Waals surface area contributed by atoms with Gasteiger partial charge in [-0.3, -0.25) is 4.79 Å². The highest BCUT2D eigenvalue weighted by atomic mass is 16.4. The Morgan fingerprint density at radius 1 is 1.33 bits per heavy atom. The van der Waals surface area contributed by atoms with Crippen LogP contribution in [-0.2, 0) is 4.79 Å². The van der Waals surface area contributed by atoms with Crippen LogP contribution in [0.5, 0.6) is 0 Å². The van der Waals surface area contributed by atoms with Gasteiger partial charge in [0.1, 0.15) is 0 Å². The molecule has 1 aliphatic rings. The van der Waals surface area contributed by atoms with Gasteiger partial charge in [0.05, 0.1) is 6.42 Å². The van der Waals surface area contributed by atoms with E-state index < -0.39 is 5.97 Å². The summed E-state index contributed by atoms with van der Waals surface area (Å²) < 4.78 is 0. The van der Waals surface area contributed by atoms with Gasteiger partial charge in [-0.2, -0.15) is 0 Å². The molecular weight excluding hydrogens is 268 g/mol. The van der Waals surface area contributed by atoms with Crippen LogP contribution in [0.2, 0.25) is 0 Å². The molecule has 1 fully saturated rings. The zero-order valence-electron chi connectivity index (χ0n) is 12.5. The molecule has 0 aliphatic carbocycles. The zero-order valence-corrected chi connectivity index (χ0v) is 12.5. The highest BCUT2D eigenvalue weighted by molar-refractivity contribution is 5.76. The summed E-state index contributed by atoms with van der Waals surface area (Å²) in [5.41, 5.74) is 0.956. The maximum Gasteiger partial charge on any atom is 0.317 e. The van der Waals surface area contributed by atoms with Crippen molar-refractivity contribution in [2.45, 2.75) is 38.1 Å². The molecular formula is C16H22N2O3. The minimum Gasteiger partial charge on any atom is -0.481 e. The van der Waals surface area contributed by atoms with Gasteiger partial charge in [-0.05, 0) is 25.8 Å². The zero-order chi connectivity index (χ0) is 15.5. The number of carboxylic acids is 1. The topological polar surface area (TPSA) is 69.6 Å². The van der Waals surface area contributed by atoms with E-state index in [1.807, 2.05) is 23.1 Å². The predicted octanol–water partition coefficient (Wildman–Crippen LogP) is 2.44. The lowest BCUT2D eigenvalue weighted by atomic mass is 9.83. The number of benzene rings is 1. The van der Waals surface area contributed by atoms with Crippen LogP contribution >= 0.6 is 0 Å². The van der Waals surface area contributed by atoms with Gasteiger partial charge in [0, 0.05) is 24.5 Å². The Morgan fingerprint density at radius 3 is 2.62 bits per heavy atom. The number of carbonyl (C=O) groups is 2. The number of carbonyl (C=O) groups excluding carboxylic acids is 1. The van der Waals surface area contributed by atoms with E-state index >= 15 is 0 Å². The first kappa shape index (κ1) is 15.4. The van der Waals surface area contributed by atoms with E-state index in [1.165, 1.54) is 5.56 Å². The highest BCUT2D eigenvalue weighted by Crippen LogP contribution is 2.41. The van der Waals surface area contributed by atoms with Crippen molar-refractivity contribution >= 4 is 12.0 Å². The van der Waals surface area contributed by atoms with Crippen molar-refractivity contribution in [2.75, 3.05) is 13.1 Å². The molecule has 2 amide bonds. The summed E-state index contributed by atoms with van der Waals surface area (Å²) in [5, 5.41) is 11.3. The number of rotatable bonds is 4. The molecule has 5 heteroatoms. The van der Waals surface area contributed by atoms with E-state index in [-0.39, 0.29) is 24.5 Å². The number of carboxylic acid groups (broad SMARTS) is 1. The Labute approximate surface area is 125 Å². The van der Waals surface area contributed by atoms with Gasteiger partial charge < -0.3 is 15.3 Å². The average Bonchev–Trinajstić information content (AvgIpc) is 2.74. The fourth-order valence-corrected chi connectivity index (χ4v) is 3.08. The molecule has 1 aromatic rings. The molecule has 1 saturated heterocycles. The van der Waals surface area contributed by atoms with Crippen molar-refractivity contribution in [3.63, 3.8) is 0 Å². The molecule has 0 aromatic heterocycles. The number of hydrogen-bond donors (Lipinski definition) is 2. The molecule has 0 spiro atoms. The molecule has 2 N–H and O–H groups in total. The maximum atomic E-state index is 12.2. The Balaban J connectivity index is 2.03. The second-order valence-electron chi connectivity index (χ2n) is 5.93. The summed E-state index contributed by atoms with van der Waals surface area (Å²) >= 11 is 0. The summed E-state index contributed by atoms with van der Waals surface area (Å²) in [6, 6.07) is 10.0. The van der Waals surface area contributed by atoms with Crippen molar-refractivity contribution in [2.24, 2.45) is 0 Å². The maximum absolute atomic E-state index is 12.2. The van der Waals surface area contributed by atoms with Crippen LogP contribution in [0.25, 0.3) is 0 Å². The number of amides is 2. The summed E-state index contributed by atoms with van der Waals surface area (Å²) in [6.45, 7) is 4.98. The first-order valence-electron chi connectivity index (χ1n) is 7.25. The third kappa shape index (κ3) is 3.35. The fraction of sp³-hybridized carbons (Fsp3) is 0.500. The smallest absolute Gasteiger partial charge is 0.317 e. The normalized spacial score (nSPS) is 20.3. The van der Waals surface area contributed by atoms with Crippen LogP contribution < -0.4 is 5.32 Å². The number of nitrogens with zero attached hydrogens (tertiary/aromatic N) is 1. The van der Waals surface area contributed by atoms with Crippen LogP contribution in [0.1, 0.15) is 38.2 Å². The van der Waals surface area contributed by atoms with E-state index in [9.17, 15) is 9.59 Å². The summed E-state index contributed by atoms with van der Waals surface area (Å²) in [7, 11) is 0. The number of aliphatic carboxylic acids is 1. The average molecular weight is 290 g/mol. The van der Waals surface area contributed by atoms with E-state index in [0.717, 1.165) is 6.42 Å². The fourth-order valence-electron chi connectivity index (χ4n) is 3.08. The van der Waals surface area contributed by atoms with Crippen molar-refractivity contribution in [3.05, 3.63) is 35.9 Å². The van der Waals surface area contributed by atoms with Gasteiger partial charge in [0.25, 0.3) is 0 Å². The van der Waals surface area contributed by atoms with Gasteiger partial charge >= 0.3 is 12.0 Å². The van der Waals surface area contributed by atoms with Crippen molar-refractivity contribution in [3.8, 4) is 0 Å². The first-order valence-corrected chi connectivity index (χ1v) is 7.25. The number of nitrogens with one attached hydrogen (secondary N) is 1. The van der Waals surface area contributed by atoms with Crippen LogP contribution in [0.15, 0.2) is 30.3 Å². The van der Waals surface area contributed by atoms with Crippen LogP contribution in [0.4, 0.5) is 4.79 Å². The second-order valence-corrected chi connectivity index (χ2v) is 5.93. The summed E-state index contributed by atoms with van der Waals surface area (Å²) in [5.74, 6) is -0.609. The molecule has 2 rings (SSSR count). The molecule has 1 unspecified atom stereocenters. The number of urea groups is 1. The molecule has 0 bridgehead atoms. The Hall–Kier alpha value is -2.04. The van der Waals surface area contributed by atoms with Crippen LogP contribution in [0.3, 0.4) is 0 Å². The third-order valence-corrected chi connectivity index (χ3v) is 4.25. The van der Waals surface area contributed by atoms with Crippen molar-refractivity contribution in [1.82, 2.24) is 10.2 Å². The largest absolute Gasteiger partial charge is 0.481 e. The summed E-state index contributed by atoms with van der Waals surface area (Å²) in [6.07, 6.45) is 0.867. The van der Waals surface area contributed by atoms with E-state index in [1.54, 1.807) is 0 Å². The number of hydrogen-bond acceptors (Lipinski definition) is 2. The van der Waals surface area contributed by atoms with E-state index in [2.05, 4.69) is 31.3 Å². The summed E-state index contributed by atoms with van der Waals surface area (Å²) in [4.78, 5) is 24.6. The van der Waals surface area contributed by atoms with Gasteiger partial charge in [0.15, 0.2) is 0 Å². The van der Waals surface area contributed by atoms with Crippen LogP contribution in [0, 0.1) is 0 Å². The minimum atomic E-state index is -0.904. The monoisotopic (exact) mass is 290 g/mol. The van der Waals surface area contributed by atoms with Gasteiger partial charge in [-0.1, -0.05) is 30.3 Å². The quantitative estimate of drug-likeness (QED) is 0.895. The van der Waals surface area contributed by atoms with Crippen LogP contribution in [-0.4, -0.2) is 40.6 Å². The van der Waals surface area contributed by atoms with E-state index in [4.69, 9.17) is 5.11 Å². The molecule has 0 radical (unpaired) electrons. The standard InChI is InChI=1S/C16H22N2O3/c1-16(2)13(12-6-4-3-5-7-12)9-11-18(16)15(21)17-10-8-14(19)20/h3-7,13H,8-11H2,1-2H3,(H,17,21)(H,19,20). The van der Waals surface area contributed by atoms with Gasteiger partial charge in [-0.15, -0.1) is 0 Å². The molecule has 5 nitrogen and oxygen atoms in total. The third-order valence-electron chi connectivity index (χ3n) is 4.25. The lowest BCUT2D eigenvalue weighted by Gasteiger charge is -2.36. The Morgan fingerprint density at radius 2 is 2.00 bits per heavy atom. The molecule has 1 aliphatic heterocycles. The highest BCUT2D eigenvalue weighted by Gasteiger charge is 2.44. The Bertz CT molecular complexity index is 514. The first-order chi connectivity index (χ1) is 9.93. The lowest BCUT2D eigenvalue weighted by Crippen LogP contribution is -2.50. The molecule has 1 atom stereocenters. The lowest BCUT2D eigenvalue weighted by molar-refractivity contribution is -0.136. The van der Waals surface area contributed by atoms with Gasteiger partial charge in [-0.25, -0.2) is 4.79 Å². The minimum absolute atomic E-state index is 0.0534. The molecule has 0 saturated carbocycles. The SMILES string of the molecule is CC1(C)C(c2ccccc2)CCN1C(=O)NCCC(=O)O. The second kappa shape index (κ2) is 6.16. The predicted molar refractivity (Wildman–Crippen MR) is 80.2 cm³/mol. The Kier molecular flexibility index (Phi) is 4.50. The van der Waals surface area contributed by atoms with Crippen molar-refractivity contribution in [1.29, 1.82) is 0 Å². The van der Waals surface area contributed by atoms with Gasteiger partial charge in [0.2, 0.25) is 0 Å². The molecule has 21 heavy (non-hydrogen) atoms. The molecule has 1 heterocycles. The molecule has 1 aromatic carbocycles. The number of likely N-dealkylation sites (tertiary alicyclic amines) is 1. The van der Waals surface area contributed by atoms with E-state index in [0.29, 0.717) is 12.5 Å². The van der Waals surface area contributed by atoms with Crippen molar-refractivity contribution < 1.29 is 14.7 Å².